The quantitative estimate of drug-likeness (QED) is 0.925. The van der Waals surface area contributed by atoms with Gasteiger partial charge in [0.25, 0.3) is 0 Å². The second-order valence-electron chi connectivity index (χ2n) is 5.20. The van der Waals surface area contributed by atoms with Crippen LogP contribution in [0.2, 0.25) is 0 Å². The summed E-state index contributed by atoms with van der Waals surface area (Å²) in [6, 6.07) is 6.99. The van der Waals surface area contributed by atoms with Gasteiger partial charge < -0.3 is 14.4 Å². The fraction of sp³-hybridized carbons (Fsp3) is 0.375. The van der Waals surface area contributed by atoms with Crippen LogP contribution in [-0.2, 0) is 6.54 Å². The van der Waals surface area contributed by atoms with Gasteiger partial charge in [0.1, 0.15) is 17.3 Å². The SMILES string of the molecule is Cc1ccc(CN(C)c2cc(C)c(F)cc2[C@H](C)O)o1. The third kappa shape index (κ3) is 3.02. The second-order valence-corrected chi connectivity index (χ2v) is 5.20. The number of benzene rings is 1. The van der Waals surface area contributed by atoms with Crippen LogP contribution < -0.4 is 4.90 Å². The van der Waals surface area contributed by atoms with E-state index in [0.29, 0.717) is 17.7 Å². The molecule has 0 bridgehead atoms. The first-order valence-electron chi connectivity index (χ1n) is 6.63. The third-order valence-corrected chi connectivity index (χ3v) is 3.36. The number of hydrogen-bond acceptors (Lipinski definition) is 3. The highest BCUT2D eigenvalue weighted by molar-refractivity contribution is 5.56. The maximum Gasteiger partial charge on any atom is 0.126 e. The molecule has 108 valence electrons. The van der Waals surface area contributed by atoms with E-state index in [1.807, 2.05) is 31.0 Å². The summed E-state index contributed by atoms with van der Waals surface area (Å²) in [6.45, 7) is 5.82. The van der Waals surface area contributed by atoms with Crippen molar-refractivity contribution in [3.05, 3.63) is 52.7 Å². The largest absolute Gasteiger partial charge is 0.464 e. The van der Waals surface area contributed by atoms with Gasteiger partial charge in [-0.3, -0.25) is 0 Å². The highest BCUT2D eigenvalue weighted by atomic mass is 19.1. The first-order valence-corrected chi connectivity index (χ1v) is 6.63. The van der Waals surface area contributed by atoms with Crippen LogP contribution in [0, 0.1) is 19.7 Å². The van der Waals surface area contributed by atoms with Crippen molar-refractivity contribution in [1.29, 1.82) is 0 Å². The molecule has 3 nitrogen and oxygen atoms in total. The maximum atomic E-state index is 13.7. The van der Waals surface area contributed by atoms with Crippen LogP contribution in [0.4, 0.5) is 10.1 Å². The number of furan rings is 1. The number of nitrogens with zero attached hydrogens (tertiary/aromatic N) is 1. The molecule has 1 N–H and O–H groups in total. The van der Waals surface area contributed by atoms with Gasteiger partial charge in [-0.15, -0.1) is 0 Å². The highest BCUT2D eigenvalue weighted by Crippen LogP contribution is 2.29. The van der Waals surface area contributed by atoms with Crippen LogP contribution >= 0.6 is 0 Å². The molecule has 1 atom stereocenters. The van der Waals surface area contributed by atoms with Crippen molar-refractivity contribution in [2.75, 3.05) is 11.9 Å². The minimum atomic E-state index is -0.721. The lowest BCUT2D eigenvalue weighted by Crippen LogP contribution is -2.19. The Morgan fingerprint density at radius 2 is 2.00 bits per heavy atom. The molecule has 0 saturated heterocycles. The molecule has 2 aromatic rings. The molecule has 0 spiro atoms. The van der Waals surface area contributed by atoms with Gasteiger partial charge in [0.2, 0.25) is 0 Å². The lowest BCUT2D eigenvalue weighted by Gasteiger charge is -2.23. The number of aryl methyl sites for hydroxylation is 2. The van der Waals surface area contributed by atoms with E-state index in [-0.39, 0.29) is 5.82 Å². The Labute approximate surface area is 118 Å². The van der Waals surface area contributed by atoms with Crippen LogP contribution in [0.1, 0.15) is 35.7 Å². The lowest BCUT2D eigenvalue weighted by molar-refractivity contribution is 0.199. The summed E-state index contributed by atoms with van der Waals surface area (Å²) in [6.07, 6.45) is -0.721. The summed E-state index contributed by atoms with van der Waals surface area (Å²) in [5.74, 6) is 1.40. The number of aliphatic hydroxyl groups excluding tert-OH is 1. The molecule has 0 aliphatic heterocycles. The molecule has 0 saturated carbocycles. The summed E-state index contributed by atoms with van der Waals surface area (Å²) < 4.78 is 19.2. The van der Waals surface area contributed by atoms with Gasteiger partial charge in [0.15, 0.2) is 0 Å². The average Bonchev–Trinajstić information content (AvgIpc) is 2.77. The number of aliphatic hydroxyl groups is 1. The van der Waals surface area contributed by atoms with Gasteiger partial charge in [0, 0.05) is 18.3 Å². The lowest BCUT2D eigenvalue weighted by atomic mass is 10.0. The molecule has 20 heavy (non-hydrogen) atoms. The van der Waals surface area contributed by atoms with Gasteiger partial charge in [-0.05, 0) is 50.6 Å². The van der Waals surface area contributed by atoms with Crippen LogP contribution in [0.25, 0.3) is 0 Å². The number of halogens is 1. The molecule has 0 aliphatic carbocycles. The van der Waals surface area contributed by atoms with E-state index in [1.165, 1.54) is 6.07 Å². The molecule has 0 fully saturated rings. The topological polar surface area (TPSA) is 36.6 Å². The third-order valence-electron chi connectivity index (χ3n) is 3.36. The molecule has 4 heteroatoms. The van der Waals surface area contributed by atoms with E-state index in [4.69, 9.17) is 4.42 Å². The van der Waals surface area contributed by atoms with Crippen LogP contribution in [-0.4, -0.2) is 12.2 Å². The Bertz CT molecular complexity index is 605. The van der Waals surface area contributed by atoms with E-state index in [1.54, 1.807) is 19.9 Å². The van der Waals surface area contributed by atoms with Gasteiger partial charge in [-0.2, -0.15) is 0 Å². The van der Waals surface area contributed by atoms with Gasteiger partial charge in [-0.25, -0.2) is 4.39 Å². The van der Waals surface area contributed by atoms with Gasteiger partial charge in [0.05, 0.1) is 12.6 Å². The van der Waals surface area contributed by atoms with Crippen molar-refractivity contribution >= 4 is 5.69 Å². The van der Waals surface area contributed by atoms with E-state index >= 15 is 0 Å². The monoisotopic (exact) mass is 277 g/mol. The van der Waals surface area contributed by atoms with Crippen molar-refractivity contribution in [1.82, 2.24) is 0 Å². The number of rotatable bonds is 4. The summed E-state index contributed by atoms with van der Waals surface area (Å²) in [4.78, 5) is 1.95. The van der Waals surface area contributed by atoms with E-state index in [0.717, 1.165) is 17.2 Å². The average molecular weight is 277 g/mol. The zero-order valence-corrected chi connectivity index (χ0v) is 12.3. The predicted octanol–water partition coefficient (Wildman–Crippen LogP) is 3.73. The summed E-state index contributed by atoms with van der Waals surface area (Å²) >= 11 is 0. The molecule has 2 rings (SSSR count). The smallest absolute Gasteiger partial charge is 0.126 e. The van der Waals surface area contributed by atoms with E-state index in [2.05, 4.69) is 0 Å². The van der Waals surface area contributed by atoms with Crippen LogP contribution in [0.3, 0.4) is 0 Å². The van der Waals surface area contributed by atoms with E-state index < -0.39 is 6.10 Å². The maximum absolute atomic E-state index is 13.7. The molecular weight excluding hydrogens is 257 g/mol. The Balaban J connectivity index is 2.33. The summed E-state index contributed by atoms with van der Waals surface area (Å²) in [7, 11) is 1.90. The molecule has 0 aliphatic rings. The second kappa shape index (κ2) is 5.67. The fourth-order valence-electron chi connectivity index (χ4n) is 2.24. The minimum absolute atomic E-state index is 0.299. The molecule has 1 aromatic carbocycles. The molecule has 1 aromatic heterocycles. The summed E-state index contributed by atoms with van der Waals surface area (Å²) in [5.41, 5.74) is 1.96. The van der Waals surface area contributed by atoms with Crippen LogP contribution in [0.5, 0.6) is 0 Å². The molecule has 1 heterocycles. The predicted molar refractivity (Wildman–Crippen MR) is 77.3 cm³/mol. The minimum Gasteiger partial charge on any atom is -0.464 e. The molecule has 0 unspecified atom stereocenters. The molecule has 0 amide bonds. The first-order chi connectivity index (χ1) is 9.38. The Hall–Kier alpha value is -1.81. The summed E-state index contributed by atoms with van der Waals surface area (Å²) in [5, 5.41) is 9.82. The van der Waals surface area contributed by atoms with Crippen molar-refractivity contribution in [2.24, 2.45) is 0 Å². The molecule has 0 radical (unpaired) electrons. The fourth-order valence-corrected chi connectivity index (χ4v) is 2.24. The highest BCUT2D eigenvalue weighted by Gasteiger charge is 2.16. The van der Waals surface area contributed by atoms with Crippen molar-refractivity contribution < 1.29 is 13.9 Å². The van der Waals surface area contributed by atoms with Gasteiger partial charge >= 0.3 is 0 Å². The Morgan fingerprint density at radius 3 is 2.55 bits per heavy atom. The van der Waals surface area contributed by atoms with Crippen molar-refractivity contribution in [2.45, 2.75) is 33.4 Å². The molecular formula is C16H20FNO2. The van der Waals surface area contributed by atoms with E-state index in [9.17, 15) is 9.50 Å². The standard InChI is InChI=1S/C16H20FNO2/c1-10-7-16(14(12(3)19)8-15(10)17)18(4)9-13-6-5-11(2)20-13/h5-8,12,19H,9H2,1-4H3/t12-/m0/s1. The van der Waals surface area contributed by atoms with Crippen molar-refractivity contribution in [3.8, 4) is 0 Å². The van der Waals surface area contributed by atoms with Gasteiger partial charge in [-0.1, -0.05) is 0 Å². The normalized spacial score (nSPS) is 12.5. The Morgan fingerprint density at radius 1 is 1.30 bits per heavy atom. The Kier molecular flexibility index (Phi) is 4.14. The number of hydrogen-bond donors (Lipinski definition) is 1. The van der Waals surface area contributed by atoms with Crippen LogP contribution in [0.15, 0.2) is 28.7 Å². The van der Waals surface area contributed by atoms with Crippen molar-refractivity contribution in [3.63, 3.8) is 0 Å². The number of anilines is 1. The first kappa shape index (κ1) is 14.6. The zero-order chi connectivity index (χ0) is 14.9. The zero-order valence-electron chi connectivity index (χ0n) is 12.3.